The van der Waals surface area contributed by atoms with Crippen LogP contribution in [0.4, 0.5) is 0 Å². The zero-order valence-electron chi connectivity index (χ0n) is 11.3. The molecule has 1 aliphatic rings. The molecule has 1 saturated heterocycles. The molecule has 108 valence electrons. The van der Waals surface area contributed by atoms with Crippen molar-refractivity contribution in [3.63, 3.8) is 0 Å². The number of morpholine rings is 1. The van der Waals surface area contributed by atoms with Crippen molar-refractivity contribution in [3.05, 3.63) is 23.7 Å². The summed E-state index contributed by atoms with van der Waals surface area (Å²) in [7, 11) is -3.21. The van der Waals surface area contributed by atoms with Gasteiger partial charge in [-0.2, -0.15) is 0 Å². The van der Waals surface area contributed by atoms with E-state index in [0.29, 0.717) is 19.8 Å². The van der Waals surface area contributed by atoms with Crippen molar-refractivity contribution < 1.29 is 17.6 Å². The summed E-state index contributed by atoms with van der Waals surface area (Å²) >= 11 is 0. The molecule has 1 fully saturated rings. The third-order valence-corrected chi connectivity index (χ3v) is 3.81. The number of furan rings is 1. The van der Waals surface area contributed by atoms with Gasteiger partial charge >= 0.3 is 0 Å². The van der Waals surface area contributed by atoms with Crippen molar-refractivity contribution in [1.29, 1.82) is 0 Å². The van der Waals surface area contributed by atoms with Gasteiger partial charge in [-0.15, -0.1) is 0 Å². The second kappa shape index (κ2) is 6.04. The highest BCUT2D eigenvalue weighted by atomic mass is 32.2. The predicted octanol–water partition coefficient (Wildman–Crippen LogP) is 0.511. The second-order valence-corrected chi connectivity index (χ2v) is 6.57. The zero-order chi connectivity index (χ0) is 13.9. The third-order valence-electron chi connectivity index (χ3n) is 3.11. The smallest absolute Gasteiger partial charge is 0.208 e. The Kier molecular flexibility index (Phi) is 4.62. The molecule has 0 aromatic carbocycles. The van der Waals surface area contributed by atoms with E-state index in [1.165, 1.54) is 0 Å². The van der Waals surface area contributed by atoms with Crippen molar-refractivity contribution in [1.82, 2.24) is 9.62 Å². The molecular weight excluding hydrogens is 268 g/mol. The number of nitrogens with zero attached hydrogens (tertiary/aromatic N) is 1. The molecule has 1 unspecified atom stereocenters. The minimum absolute atomic E-state index is 0.0904. The van der Waals surface area contributed by atoms with E-state index in [1.54, 1.807) is 0 Å². The number of hydrogen-bond acceptors (Lipinski definition) is 5. The molecule has 1 atom stereocenters. The first-order valence-corrected chi connectivity index (χ1v) is 8.17. The van der Waals surface area contributed by atoms with Gasteiger partial charge in [0.2, 0.25) is 10.0 Å². The average molecular weight is 288 g/mol. The zero-order valence-corrected chi connectivity index (χ0v) is 12.1. The van der Waals surface area contributed by atoms with Crippen LogP contribution in [0.25, 0.3) is 0 Å². The summed E-state index contributed by atoms with van der Waals surface area (Å²) in [6.07, 6.45) is 1.16. The Balaban J connectivity index is 2.12. The number of aryl methyl sites for hydroxylation is 1. The average Bonchev–Trinajstić information content (AvgIpc) is 2.76. The highest BCUT2D eigenvalue weighted by Gasteiger charge is 2.25. The van der Waals surface area contributed by atoms with Gasteiger partial charge in [0.1, 0.15) is 11.5 Å². The Hall–Kier alpha value is -0.890. The molecule has 1 aromatic rings. The molecule has 1 N–H and O–H groups in total. The molecule has 1 aromatic heterocycles. The molecule has 0 spiro atoms. The van der Waals surface area contributed by atoms with E-state index in [1.807, 2.05) is 19.1 Å². The topological polar surface area (TPSA) is 71.8 Å². The first-order valence-electron chi connectivity index (χ1n) is 6.28. The molecular formula is C12H20N2O4S. The van der Waals surface area contributed by atoms with Gasteiger partial charge in [0.25, 0.3) is 0 Å². The molecule has 0 amide bonds. The van der Waals surface area contributed by atoms with E-state index in [9.17, 15) is 8.42 Å². The Labute approximate surface area is 113 Å². The SMILES string of the molecule is Cc1ccc(C(CNS(C)(=O)=O)N2CCOCC2)o1. The fourth-order valence-electron chi connectivity index (χ4n) is 2.16. The van der Waals surface area contributed by atoms with Gasteiger partial charge in [-0.1, -0.05) is 0 Å². The lowest BCUT2D eigenvalue weighted by Gasteiger charge is -2.33. The quantitative estimate of drug-likeness (QED) is 0.855. The summed E-state index contributed by atoms with van der Waals surface area (Å²) in [5.74, 6) is 1.61. The van der Waals surface area contributed by atoms with Crippen LogP contribution in [0.2, 0.25) is 0 Å². The van der Waals surface area contributed by atoms with Gasteiger partial charge in [0.15, 0.2) is 0 Å². The van der Waals surface area contributed by atoms with Gasteiger partial charge in [-0.25, -0.2) is 13.1 Å². The summed E-state index contributed by atoms with van der Waals surface area (Å²) in [6.45, 7) is 5.06. The first-order chi connectivity index (χ1) is 8.96. The van der Waals surface area contributed by atoms with Crippen molar-refractivity contribution in [3.8, 4) is 0 Å². The predicted molar refractivity (Wildman–Crippen MR) is 71.4 cm³/mol. The van der Waals surface area contributed by atoms with E-state index >= 15 is 0 Å². The lowest BCUT2D eigenvalue weighted by molar-refractivity contribution is 0.0127. The number of ether oxygens (including phenoxy) is 1. The van der Waals surface area contributed by atoms with Crippen LogP contribution >= 0.6 is 0 Å². The molecule has 19 heavy (non-hydrogen) atoms. The maximum absolute atomic E-state index is 11.3. The summed E-state index contributed by atoms with van der Waals surface area (Å²) < 4.78 is 36.1. The summed E-state index contributed by atoms with van der Waals surface area (Å²) in [4.78, 5) is 2.18. The number of nitrogens with one attached hydrogen (secondary N) is 1. The number of hydrogen-bond donors (Lipinski definition) is 1. The van der Waals surface area contributed by atoms with Crippen LogP contribution in [0.1, 0.15) is 17.6 Å². The van der Waals surface area contributed by atoms with Crippen molar-refractivity contribution in [2.75, 3.05) is 39.1 Å². The molecule has 0 aliphatic carbocycles. The summed E-state index contributed by atoms with van der Waals surface area (Å²) in [6, 6.07) is 3.70. The number of rotatable bonds is 5. The maximum Gasteiger partial charge on any atom is 0.208 e. The highest BCUT2D eigenvalue weighted by Crippen LogP contribution is 2.23. The van der Waals surface area contributed by atoms with E-state index < -0.39 is 10.0 Å². The van der Waals surface area contributed by atoms with Crippen molar-refractivity contribution >= 4 is 10.0 Å². The number of sulfonamides is 1. The van der Waals surface area contributed by atoms with Gasteiger partial charge in [0, 0.05) is 19.6 Å². The molecule has 1 aliphatic heterocycles. The first kappa shape index (κ1) is 14.5. The fourth-order valence-corrected chi connectivity index (χ4v) is 2.62. The van der Waals surface area contributed by atoms with Gasteiger partial charge in [-0.05, 0) is 19.1 Å². The minimum Gasteiger partial charge on any atom is -0.465 e. The van der Waals surface area contributed by atoms with E-state index in [0.717, 1.165) is 30.9 Å². The van der Waals surface area contributed by atoms with Gasteiger partial charge in [-0.3, -0.25) is 4.90 Å². The third kappa shape index (κ3) is 4.31. The normalized spacial score (nSPS) is 19.5. The van der Waals surface area contributed by atoms with Gasteiger partial charge in [0.05, 0.1) is 25.5 Å². The van der Waals surface area contributed by atoms with Crippen molar-refractivity contribution in [2.24, 2.45) is 0 Å². The fraction of sp³-hybridized carbons (Fsp3) is 0.667. The van der Waals surface area contributed by atoms with Crippen LogP contribution in [0.5, 0.6) is 0 Å². The van der Waals surface area contributed by atoms with Crippen LogP contribution in [0.15, 0.2) is 16.5 Å². The Morgan fingerprint density at radius 1 is 1.37 bits per heavy atom. The van der Waals surface area contributed by atoms with Crippen LogP contribution in [-0.2, 0) is 14.8 Å². The Morgan fingerprint density at radius 3 is 2.58 bits per heavy atom. The van der Waals surface area contributed by atoms with E-state index in [4.69, 9.17) is 9.15 Å². The monoisotopic (exact) mass is 288 g/mol. The Morgan fingerprint density at radius 2 is 2.05 bits per heavy atom. The summed E-state index contributed by atoms with van der Waals surface area (Å²) in [5, 5.41) is 0. The van der Waals surface area contributed by atoms with Crippen LogP contribution in [0.3, 0.4) is 0 Å². The van der Waals surface area contributed by atoms with E-state index in [2.05, 4.69) is 9.62 Å². The van der Waals surface area contributed by atoms with E-state index in [-0.39, 0.29) is 6.04 Å². The maximum atomic E-state index is 11.3. The molecule has 6 nitrogen and oxygen atoms in total. The van der Waals surface area contributed by atoms with Crippen LogP contribution in [0, 0.1) is 6.92 Å². The molecule has 7 heteroatoms. The molecule has 2 rings (SSSR count). The lowest BCUT2D eigenvalue weighted by Crippen LogP contribution is -2.43. The highest BCUT2D eigenvalue weighted by molar-refractivity contribution is 7.88. The molecule has 0 bridgehead atoms. The van der Waals surface area contributed by atoms with Crippen LogP contribution in [-0.4, -0.2) is 52.4 Å². The molecule has 0 saturated carbocycles. The van der Waals surface area contributed by atoms with Gasteiger partial charge < -0.3 is 9.15 Å². The largest absolute Gasteiger partial charge is 0.465 e. The Bertz CT molecular complexity index is 506. The molecule has 2 heterocycles. The molecule has 0 radical (unpaired) electrons. The minimum atomic E-state index is -3.21. The van der Waals surface area contributed by atoms with Crippen molar-refractivity contribution in [2.45, 2.75) is 13.0 Å². The van der Waals surface area contributed by atoms with Crippen LogP contribution < -0.4 is 4.72 Å². The second-order valence-electron chi connectivity index (χ2n) is 4.73. The lowest BCUT2D eigenvalue weighted by atomic mass is 10.2. The standard InChI is InChI=1S/C12H20N2O4S/c1-10-3-4-12(18-10)11(9-13-19(2,15)16)14-5-7-17-8-6-14/h3-4,11,13H,5-9H2,1-2H3. The summed E-state index contributed by atoms with van der Waals surface area (Å²) in [5.41, 5.74) is 0.